The van der Waals surface area contributed by atoms with Gasteiger partial charge in [-0.1, -0.05) is 12.1 Å². The number of imidazole rings is 1. The highest BCUT2D eigenvalue weighted by Crippen LogP contribution is 2.34. The standard InChI is InChI=1S/C23H25N5O3/c1-31-20-9-3-2-6-15(20)22(29)28-13-5-8-19(28)23(30)27-12-4-7-18(27)21-25-16-10-11-24-14-17(16)26-21/h2-3,6,9-11,14,18-19H,4-5,7-8,12-13H2,1H3,(H,25,26). The normalized spacial score (nSPS) is 21.1. The van der Waals surface area contributed by atoms with E-state index in [4.69, 9.17) is 9.72 Å². The third-order valence-electron chi connectivity index (χ3n) is 6.29. The molecule has 5 rings (SSSR count). The van der Waals surface area contributed by atoms with Crippen LogP contribution in [-0.2, 0) is 4.79 Å². The predicted molar refractivity (Wildman–Crippen MR) is 115 cm³/mol. The van der Waals surface area contributed by atoms with Gasteiger partial charge in [-0.15, -0.1) is 0 Å². The summed E-state index contributed by atoms with van der Waals surface area (Å²) in [6.45, 7) is 1.24. The first-order valence-electron chi connectivity index (χ1n) is 10.7. The molecule has 2 amide bonds. The molecule has 160 valence electrons. The topological polar surface area (TPSA) is 91.4 Å². The fourth-order valence-corrected chi connectivity index (χ4v) is 4.78. The number of ether oxygens (including phenoxy) is 1. The van der Waals surface area contributed by atoms with Crippen molar-refractivity contribution in [3.63, 3.8) is 0 Å². The van der Waals surface area contributed by atoms with E-state index >= 15 is 0 Å². The summed E-state index contributed by atoms with van der Waals surface area (Å²) in [4.78, 5) is 42.6. The van der Waals surface area contributed by atoms with E-state index in [9.17, 15) is 9.59 Å². The molecule has 0 radical (unpaired) electrons. The molecule has 2 aromatic heterocycles. The molecule has 2 atom stereocenters. The van der Waals surface area contributed by atoms with Crippen molar-refractivity contribution in [3.8, 4) is 5.75 Å². The minimum absolute atomic E-state index is 0.00169. The first-order valence-corrected chi connectivity index (χ1v) is 10.7. The van der Waals surface area contributed by atoms with Crippen molar-refractivity contribution < 1.29 is 14.3 Å². The zero-order valence-corrected chi connectivity index (χ0v) is 17.5. The Bertz CT molecular complexity index is 1090. The Hall–Kier alpha value is -3.42. The Balaban J connectivity index is 1.39. The summed E-state index contributed by atoms with van der Waals surface area (Å²) >= 11 is 0. The molecule has 8 heteroatoms. The lowest BCUT2D eigenvalue weighted by atomic mass is 10.1. The minimum Gasteiger partial charge on any atom is -0.496 e. The van der Waals surface area contributed by atoms with E-state index in [1.807, 2.05) is 23.1 Å². The SMILES string of the molecule is COc1ccccc1C(=O)N1CCCC1C(=O)N1CCCC1c1nc2ccncc2[nH]1. The number of hydrogen-bond donors (Lipinski definition) is 1. The number of carbonyl (C=O) groups is 2. The zero-order valence-electron chi connectivity index (χ0n) is 17.5. The van der Waals surface area contributed by atoms with Crippen molar-refractivity contribution in [2.45, 2.75) is 37.8 Å². The van der Waals surface area contributed by atoms with E-state index < -0.39 is 6.04 Å². The van der Waals surface area contributed by atoms with Crippen LogP contribution in [0.2, 0.25) is 0 Å². The van der Waals surface area contributed by atoms with Crippen molar-refractivity contribution >= 4 is 22.8 Å². The average Bonchev–Trinajstić information content (AvgIpc) is 3.56. The molecule has 31 heavy (non-hydrogen) atoms. The van der Waals surface area contributed by atoms with Crippen LogP contribution in [0.4, 0.5) is 0 Å². The van der Waals surface area contributed by atoms with Crippen LogP contribution in [0.5, 0.6) is 5.75 Å². The number of aromatic nitrogens is 3. The van der Waals surface area contributed by atoms with E-state index in [1.54, 1.807) is 36.5 Å². The number of H-pyrrole nitrogens is 1. The lowest BCUT2D eigenvalue weighted by Crippen LogP contribution is -2.47. The van der Waals surface area contributed by atoms with Gasteiger partial charge in [-0.05, 0) is 43.9 Å². The van der Waals surface area contributed by atoms with Crippen LogP contribution in [0.15, 0.2) is 42.7 Å². The van der Waals surface area contributed by atoms with Crippen molar-refractivity contribution in [2.24, 2.45) is 0 Å². The third-order valence-corrected chi connectivity index (χ3v) is 6.29. The minimum atomic E-state index is -0.455. The molecule has 0 spiro atoms. The van der Waals surface area contributed by atoms with E-state index in [0.717, 1.165) is 36.1 Å². The van der Waals surface area contributed by atoms with Crippen molar-refractivity contribution in [3.05, 3.63) is 54.1 Å². The van der Waals surface area contributed by atoms with E-state index in [-0.39, 0.29) is 17.9 Å². The number of hydrogen-bond acceptors (Lipinski definition) is 5. The molecule has 2 fully saturated rings. The first kappa shape index (κ1) is 19.5. The van der Waals surface area contributed by atoms with Crippen LogP contribution in [0.1, 0.15) is 47.9 Å². The molecule has 2 unspecified atom stereocenters. The fraction of sp³-hybridized carbons (Fsp3) is 0.391. The number of fused-ring (bicyclic) bond motifs is 1. The predicted octanol–water partition coefficient (Wildman–Crippen LogP) is 2.93. The second-order valence-corrected chi connectivity index (χ2v) is 8.06. The number of para-hydroxylation sites is 1. The van der Waals surface area contributed by atoms with Gasteiger partial charge in [0.2, 0.25) is 5.91 Å². The van der Waals surface area contributed by atoms with Gasteiger partial charge >= 0.3 is 0 Å². The number of nitrogens with zero attached hydrogens (tertiary/aromatic N) is 4. The van der Waals surface area contributed by atoms with Crippen molar-refractivity contribution in [1.29, 1.82) is 0 Å². The molecule has 0 bridgehead atoms. The van der Waals surface area contributed by atoms with E-state index in [1.165, 1.54) is 0 Å². The van der Waals surface area contributed by atoms with Gasteiger partial charge in [-0.3, -0.25) is 14.6 Å². The molecule has 1 aromatic carbocycles. The Morgan fingerprint density at radius 1 is 1.10 bits per heavy atom. The summed E-state index contributed by atoms with van der Waals surface area (Å²) in [5.41, 5.74) is 2.20. The number of methoxy groups -OCH3 is 1. The highest BCUT2D eigenvalue weighted by atomic mass is 16.5. The number of benzene rings is 1. The van der Waals surface area contributed by atoms with Crippen molar-refractivity contribution in [2.75, 3.05) is 20.2 Å². The Kier molecular flexibility index (Phi) is 5.05. The largest absolute Gasteiger partial charge is 0.496 e. The van der Waals surface area contributed by atoms with E-state index in [0.29, 0.717) is 30.8 Å². The van der Waals surface area contributed by atoms with Crippen LogP contribution < -0.4 is 4.74 Å². The maximum atomic E-state index is 13.6. The number of rotatable bonds is 4. The molecule has 2 saturated heterocycles. The van der Waals surface area contributed by atoms with Crippen LogP contribution in [0.25, 0.3) is 11.0 Å². The van der Waals surface area contributed by atoms with Crippen LogP contribution in [0, 0.1) is 0 Å². The van der Waals surface area contributed by atoms with Crippen LogP contribution in [0.3, 0.4) is 0 Å². The van der Waals surface area contributed by atoms with Crippen molar-refractivity contribution in [1.82, 2.24) is 24.8 Å². The van der Waals surface area contributed by atoms with Crippen LogP contribution in [-0.4, -0.2) is 62.8 Å². The lowest BCUT2D eigenvalue weighted by molar-refractivity contribution is -0.136. The van der Waals surface area contributed by atoms with Gasteiger partial charge in [0.1, 0.15) is 17.6 Å². The number of carbonyl (C=O) groups excluding carboxylic acids is 2. The third kappa shape index (κ3) is 3.41. The molecule has 8 nitrogen and oxygen atoms in total. The molecule has 0 saturated carbocycles. The Morgan fingerprint density at radius 2 is 1.90 bits per heavy atom. The molecule has 2 aliphatic heterocycles. The second kappa shape index (κ2) is 8.02. The number of aromatic amines is 1. The summed E-state index contributed by atoms with van der Waals surface area (Å²) < 4.78 is 5.36. The molecule has 0 aliphatic carbocycles. The number of nitrogens with one attached hydrogen (secondary N) is 1. The zero-order chi connectivity index (χ0) is 21.4. The average molecular weight is 419 g/mol. The van der Waals surface area contributed by atoms with Gasteiger partial charge in [-0.2, -0.15) is 0 Å². The molecule has 1 N–H and O–H groups in total. The first-order chi connectivity index (χ1) is 15.2. The van der Waals surface area contributed by atoms with Gasteiger partial charge in [-0.25, -0.2) is 4.98 Å². The number of pyridine rings is 1. The summed E-state index contributed by atoms with van der Waals surface area (Å²) in [5.74, 6) is 1.16. The highest BCUT2D eigenvalue weighted by Gasteiger charge is 2.41. The monoisotopic (exact) mass is 419 g/mol. The lowest BCUT2D eigenvalue weighted by Gasteiger charge is -2.31. The molecule has 2 aliphatic rings. The Labute approximate surface area is 180 Å². The van der Waals surface area contributed by atoms with Crippen LogP contribution >= 0.6 is 0 Å². The van der Waals surface area contributed by atoms with Gasteiger partial charge in [0.15, 0.2) is 0 Å². The van der Waals surface area contributed by atoms with E-state index in [2.05, 4.69) is 9.97 Å². The fourth-order valence-electron chi connectivity index (χ4n) is 4.78. The maximum Gasteiger partial charge on any atom is 0.258 e. The molecule has 4 heterocycles. The van der Waals surface area contributed by atoms with Gasteiger partial charge in [0.25, 0.3) is 5.91 Å². The summed E-state index contributed by atoms with van der Waals surface area (Å²) in [6.07, 6.45) is 6.71. The smallest absolute Gasteiger partial charge is 0.258 e. The quantitative estimate of drug-likeness (QED) is 0.702. The summed E-state index contributed by atoms with van der Waals surface area (Å²) in [5, 5.41) is 0. The molecule has 3 aromatic rings. The van der Waals surface area contributed by atoms with Gasteiger partial charge < -0.3 is 19.5 Å². The summed E-state index contributed by atoms with van der Waals surface area (Å²) in [7, 11) is 1.55. The van der Waals surface area contributed by atoms with Gasteiger partial charge in [0, 0.05) is 19.3 Å². The number of likely N-dealkylation sites (tertiary alicyclic amines) is 2. The number of amides is 2. The summed E-state index contributed by atoms with van der Waals surface area (Å²) in [6, 6.07) is 8.47. The maximum absolute atomic E-state index is 13.6. The highest BCUT2D eigenvalue weighted by molar-refractivity contribution is 6.00. The second-order valence-electron chi connectivity index (χ2n) is 8.06. The Morgan fingerprint density at radius 3 is 2.74 bits per heavy atom. The molecular formula is C23H25N5O3. The van der Waals surface area contributed by atoms with Gasteiger partial charge in [0.05, 0.1) is 35.9 Å². The molecular weight excluding hydrogens is 394 g/mol.